The Morgan fingerprint density at radius 1 is 1.37 bits per heavy atom. The molecule has 0 saturated heterocycles. The molecule has 1 unspecified atom stereocenters. The summed E-state index contributed by atoms with van der Waals surface area (Å²) < 4.78 is 2.07. The Hall–Kier alpha value is -0.190. The molecule has 19 heavy (non-hydrogen) atoms. The zero-order valence-corrected chi connectivity index (χ0v) is 14.6. The zero-order chi connectivity index (χ0) is 14.1. The summed E-state index contributed by atoms with van der Waals surface area (Å²) in [4.78, 5) is 4.54. The van der Waals surface area contributed by atoms with E-state index in [1.165, 1.54) is 19.3 Å². The fourth-order valence-corrected chi connectivity index (χ4v) is 3.34. The van der Waals surface area contributed by atoms with E-state index in [0.717, 1.165) is 34.0 Å². The number of unbranched alkanes of at least 4 members (excludes halogenated alkanes) is 3. The lowest BCUT2D eigenvalue weighted by Crippen LogP contribution is -2.22. The average molecular weight is 390 g/mol. The lowest BCUT2D eigenvalue weighted by Gasteiger charge is -2.18. The van der Waals surface area contributed by atoms with Crippen LogP contribution in [0.25, 0.3) is 0 Å². The number of nitrogens with one attached hydrogen (secondary N) is 1. The topological polar surface area (TPSA) is 24.9 Å². The third-order valence-corrected chi connectivity index (χ3v) is 4.09. The molecule has 0 aliphatic rings. The third-order valence-electron chi connectivity index (χ3n) is 3.02. The van der Waals surface area contributed by atoms with E-state index < -0.39 is 0 Å². The van der Waals surface area contributed by atoms with Gasteiger partial charge in [0.25, 0.3) is 0 Å². The van der Waals surface area contributed by atoms with Crippen molar-refractivity contribution in [2.75, 3.05) is 6.54 Å². The molecule has 1 rings (SSSR count). The second-order valence-electron chi connectivity index (χ2n) is 4.56. The normalized spacial score (nSPS) is 12.4. The summed E-state index contributed by atoms with van der Waals surface area (Å²) in [5.41, 5.74) is 1.11. The second-order valence-corrected chi connectivity index (χ2v) is 6.33. The summed E-state index contributed by atoms with van der Waals surface area (Å²) in [5.74, 6) is 0. The lowest BCUT2D eigenvalue weighted by atomic mass is 10.0. The van der Waals surface area contributed by atoms with Gasteiger partial charge in [-0.2, -0.15) is 0 Å². The van der Waals surface area contributed by atoms with Crippen LogP contribution in [-0.2, 0) is 0 Å². The van der Waals surface area contributed by atoms with Crippen molar-refractivity contribution in [2.45, 2.75) is 45.1 Å². The Morgan fingerprint density at radius 2 is 2.16 bits per heavy atom. The molecule has 0 spiro atoms. The molecule has 4 heteroatoms. The molecule has 1 aromatic heterocycles. The van der Waals surface area contributed by atoms with Crippen LogP contribution in [0.3, 0.4) is 0 Å². The maximum absolute atomic E-state index is 4.54. The van der Waals surface area contributed by atoms with E-state index in [-0.39, 0.29) is 0 Å². The van der Waals surface area contributed by atoms with Crippen LogP contribution in [-0.4, -0.2) is 11.5 Å². The number of hydrogen-bond donors (Lipinski definition) is 1. The van der Waals surface area contributed by atoms with Gasteiger partial charge in [-0.15, -0.1) is 6.58 Å². The summed E-state index contributed by atoms with van der Waals surface area (Å²) in [6.07, 6.45) is 9.80. The monoisotopic (exact) mass is 388 g/mol. The van der Waals surface area contributed by atoms with Crippen molar-refractivity contribution in [2.24, 2.45) is 0 Å². The smallest absolute Gasteiger partial charge is 0.0715 e. The number of pyridine rings is 1. The van der Waals surface area contributed by atoms with E-state index in [9.17, 15) is 0 Å². The van der Waals surface area contributed by atoms with Crippen molar-refractivity contribution in [3.05, 3.63) is 39.6 Å². The first-order valence-electron chi connectivity index (χ1n) is 6.84. The molecule has 0 bridgehead atoms. The summed E-state index contributed by atoms with van der Waals surface area (Å²) in [5, 5.41) is 3.52. The highest BCUT2D eigenvalue weighted by molar-refractivity contribution is 9.11. The molecule has 0 saturated carbocycles. The molecule has 1 atom stereocenters. The molecule has 1 N–H and O–H groups in total. The highest BCUT2D eigenvalue weighted by Gasteiger charge is 2.14. The number of aromatic nitrogens is 1. The molecule has 0 radical (unpaired) electrons. The Morgan fingerprint density at radius 3 is 2.79 bits per heavy atom. The van der Waals surface area contributed by atoms with Crippen LogP contribution in [0.1, 0.15) is 50.8 Å². The summed E-state index contributed by atoms with van der Waals surface area (Å²) >= 11 is 7.05. The molecule has 1 aromatic rings. The van der Waals surface area contributed by atoms with Gasteiger partial charge in [0.2, 0.25) is 0 Å². The molecule has 0 aliphatic carbocycles. The van der Waals surface area contributed by atoms with Crippen LogP contribution < -0.4 is 5.32 Å². The van der Waals surface area contributed by atoms with Crippen LogP contribution in [0.5, 0.6) is 0 Å². The van der Waals surface area contributed by atoms with Crippen molar-refractivity contribution in [3.8, 4) is 0 Å². The average Bonchev–Trinajstić information content (AvgIpc) is 2.38. The maximum Gasteiger partial charge on any atom is 0.0715 e. The van der Waals surface area contributed by atoms with Crippen LogP contribution in [0, 0.1) is 0 Å². The molecule has 0 aliphatic heterocycles. The molecule has 0 fully saturated rings. The van der Waals surface area contributed by atoms with Crippen LogP contribution in [0.2, 0.25) is 0 Å². The van der Waals surface area contributed by atoms with Gasteiger partial charge < -0.3 is 5.32 Å². The number of nitrogens with zero attached hydrogens (tertiary/aromatic N) is 1. The van der Waals surface area contributed by atoms with Crippen LogP contribution in [0.4, 0.5) is 0 Å². The predicted octanol–water partition coefficient (Wildman–Crippen LogP) is 5.39. The van der Waals surface area contributed by atoms with Crippen LogP contribution in [0.15, 0.2) is 33.9 Å². The van der Waals surface area contributed by atoms with E-state index in [2.05, 4.69) is 61.7 Å². The molecule has 1 heterocycles. The Bertz CT molecular complexity index is 394. The Labute approximate surface area is 133 Å². The van der Waals surface area contributed by atoms with Gasteiger partial charge in [0.05, 0.1) is 11.7 Å². The lowest BCUT2D eigenvalue weighted by molar-refractivity contribution is 0.473. The number of hydrogen-bond acceptors (Lipinski definition) is 2. The van der Waals surface area contributed by atoms with Gasteiger partial charge in [-0.25, -0.2) is 0 Å². The number of halogens is 2. The first-order valence-corrected chi connectivity index (χ1v) is 8.42. The van der Waals surface area contributed by atoms with E-state index in [1.807, 2.05) is 12.3 Å². The van der Waals surface area contributed by atoms with Crippen molar-refractivity contribution in [1.82, 2.24) is 10.3 Å². The minimum Gasteiger partial charge on any atom is -0.309 e. The van der Waals surface area contributed by atoms with Crippen molar-refractivity contribution in [3.63, 3.8) is 0 Å². The van der Waals surface area contributed by atoms with Crippen molar-refractivity contribution < 1.29 is 0 Å². The summed E-state index contributed by atoms with van der Waals surface area (Å²) in [6, 6.07) is 2.39. The highest BCUT2D eigenvalue weighted by Crippen LogP contribution is 2.27. The van der Waals surface area contributed by atoms with Crippen molar-refractivity contribution in [1.29, 1.82) is 0 Å². The number of allylic oxidation sites excluding steroid dienone is 1. The molecular formula is C15H22Br2N2. The first kappa shape index (κ1) is 16.9. The Balaban J connectivity index is 2.58. The summed E-state index contributed by atoms with van der Waals surface area (Å²) in [6.45, 7) is 6.85. The number of rotatable bonds is 9. The van der Waals surface area contributed by atoms with E-state index in [1.54, 1.807) is 0 Å². The second kappa shape index (κ2) is 9.67. The third kappa shape index (κ3) is 6.19. The van der Waals surface area contributed by atoms with Gasteiger partial charge in [-0.3, -0.25) is 4.98 Å². The highest BCUT2D eigenvalue weighted by atomic mass is 79.9. The fourth-order valence-electron chi connectivity index (χ4n) is 2.08. The molecule has 0 aromatic carbocycles. The van der Waals surface area contributed by atoms with Gasteiger partial charge in [-0.05, 0) is 63.7 Å². The van der Waals surface area contributed by atoms with E-state index >= 15 is 0 Å². The van der Waals surface area contributed by atoms with Crippen molar-refractivity contribution >= 4 is 31.9 Å². The standard InChI is InChI=1S/C15H22Br2N2/c1-3-5-6-7-8-9-14(18-4-2)15-13(17)10-12(16)11-19-15/h3,10-11,14,18H,1,4-9H2,2H3. The zero-order valence-electron chi connectivity index (χ0n) is 11.5. The minimum atomic E-state index is 0.330. The molecule has 106 valence electrons. The van der Waals surface area contributed by atoms with Gasteiger partial charge in [-0.1, -0.05) is 25.8 Å². The maximum atomic E-state index is 4.54. The van der Waals surface area contributed by atoms with Gasteiger partial charge >= 0.3 is 0 Å². The Kier molecular flexibility index (Phi) is 8.58. The molecule has 2 nitrogen and oxygen atoms in total. The summed E-state index contributed by atoms with van der Waals surface area (Å²) in [7, 11) is 0. The van der Waals surface area contributed by atoms with Gasteiger partial charge in [0, 0.05) is 15.1 Å². The largest absolute Gasteiger partial charge is 0.309 e. The predicted molar refractivity (Wildman–Crippen MR) is 89.3 cm³/mol. The van der Waals surface area contributed by atoms with E-state index in [0.29, 0.717) is 6.04 Å². The quantitative estimate of drug-likeness (QED) is 0.452. The molecular weight excluding hydrogens is 368 g/mol. The van der Waals surface area contributed by atoms with Gasteiger partial charge in [0.1, 0.15) is 0 Å². The van der Waals surface area contributed by atoms with E-state index in [4.69, 9.17) is 0 Å². The molecule has 0 amide bonds. The SMILES string of the molecule is C=CCCCCCC(NCC)c1ncc(Br)cc1Br. The fraction of sp³-hybridized carbons (Fsp3) is 0.533. The minimum absolute atomic E-state index is 0.330. The van der Waals surface area contributed by atoms with Gasteiger partial charge in [0.15, 0.2) is 0 Å². The first-order chi connectivity index (χ1) is 9.19. The van der Waals surface area contributed by atoms with Crippen LogP contribution >= 0.6 is 31.9 Å².